The highest BCUT2D eigenvalue weighted by Crippen LogP contribution is 2.44. The number of aromatic nitrogens is 2. The molecular weight excluding hydrogens is 582 g/mol. The number of likely N-dealkylation sites (tertiary alicyclic amines) is 1. The number of rotatable bonds is 7. The molecule has 5 nitrogen and oxygen atoms in total. The van der Waals surface area contributed by atoms with Gasteiger partial charge in [-0.1, -0.05) is 39.7 Å². The molecule has 1 aromatic heterocycles. The minimum atomic E-state index is -3.55. The van der Waals surface area contributed by atoms with Crippen LogP contribution in [0.1, 0.15) is 68.3 Å². The Morgan fingerprint density at radius 2 is 1.63 bits per heavy atom. The van der Waals surface area contributed by atoms with Gasteiger partial charge in [-0.15, -0.1) is 0 Å². The number of nitrogens with zero attached hydrogens (tertiary/aromatic N) is 3. The van der Waals surface area contributed by atoms with Crippen LogP contribution in [0.5, 0.6) is 0 Å². The molecule has 38 heavy (non-hydrogen) atoms. The Labute approximate surface area is 240 Å². The largest absolute Gasteiger partial charge is 0.300 e. The zero-order valence-corrected chi connectivity index (χ0v) is 25.4. The van der Waals surface area contributed by atoms with E-state index in [1.165, 1.54) is 5.69 Å². The third kappa shape index (κ3) is 5.63. The number of aryl methyl sites for hydroxylation is 2. The average molecular weight is 619 g/mol. The first-order valence-electron chi connectivity index (χ1n) is 13.7. The van der Waals surface area contributed by atoms with Crippen LogP contribution in [0.3, 0.4) is 0 Å². The molecule has 2 aromatic carbocycles. The van der Waals surface area contributed by atoms with E-state index in [1.807, 2.05) is 24.3 Å². The van der Waals surface area contributed by atoms with Crippen LogP contribution < -0.4 is 0 Å². The highest BCUT2D eigenvalue weighted by molar-refractivity contribution is 9.10. The Morgan fingerprint density at radius 3 is 2.24 bits per heavy atom. The van der Waals surface area contributed by atoms with Gasteiger partial charge in [0.25, 0.3) is 0 Å². The molecule has 0 atom stereocenters. The molecule has 1 aliphatic heterocycles. The van der Waals surface area contributed by atoms with Crippen molar-refractivity contribution in [1.82, 2.24) is 14.7 Å². The van der Waals surface area contributed by atoms with E-state index in [-0.39, 0.29) is 0 Å². The molecule has 204 valence electrons. The second-order valence-electron chi connectivity index (χ2n) is 11.0. The van der Waals surface area contributed by atoms with Crippen LogP contribution in [0.2, 0.25) is 5.02 Å². The highest BCUT2D eigenvalue weighted by atomic mass is 79.9. The molecule has 2 heterocycles. The quantitative estimate of drug-likeness (QED) is 0.281. The Morgan fingerprint density at radius 1 is 1.00 bits per heavy atom. The van der Waals surface area contributed by atoms with Crippen molar-refractivity contribution >= 4 is 37.4 Å². The molecule has 1 saturated heterocycles. The lowest BCUT2D eigenvalue weighted by molar-refractivity contribution is 0.110. The summed E-state index contributed by atoms with van der Waals surface area (Å²) in [4.78, 5) is 3.00. The first-order valence-corrected chi connectivity index (χ1v) is 16.4. The summed E-state index contributed by atoms with van der Waals surface area (Å²) in [5.41, 5.74) is 3.53. The van der Waals surface area contributed by atoms with Gasteiger partial charge in [0.1, 0.15) is 0 Å². The van der Waals surface area contributed by atoms with E-state index in [0.717, 1.165) is 61.0 Å². The first kappa shape index (κ1) is 27.9. The summed E-state index contributed by atoms with van der Waals surface area (Å²) in [6, 6.07) is 17.5. The van der Waals surface area contributed by atoms with Gasteiger partial charge in [0.2, 0.25) is 0 Å². The lowest BCUT2D eigenvalue weighted by Gasteiger charge is -2.45. The van der Waals surface area contributed by atoms with E-state index in [0.29, 0.717) is 41.1 Å². The predicted octanol–water partition coefficient (Wildman–Crippen LogP) is 7.20. The van der Waals surface area contributed by atoms with Gasteiger partial charge in [0, 0.05) is 33.7 Å². The van der Waals surface area contributed by atoms with Crippen LogP contribution in [0.4, 0.5) is 0 Å². The van der Waals surface area contributed by atoms with E-state index in [9.17, 15) is 8.42 Å². The first-order chi connectivity index (χ1) is 18.2. The molecule has 0 spiro atoms. The van der Waals surface area contributed by atoms with Gasteiger partial charge in [-0.2, -0.15) is 5.10 Å². The third-order valence-electron chi connectivity index (χ3n) is 8.70. The van der Waals surface area contributed by atoms with Gasteiger partial charge < -0.3 is 4.90 Å². The maximum atomic E-state index is 14.2. The molecule has 5 rings (SSSR count). The topological polar surface area (TPSA) is 55.2 Å². The molecule has 1 saturated carbocycles. The highest BCUT2D eigenvalue weighted by Gasteiger charge is 2.48. The minimum absolute atomic E-state index is 0.376. The average Bonchev–Trinajstić information content (AvgIpc) is 3.31. The zero-order chi connectivity index (χ0) is 26.9. The number of hydrogen-bond acceptors (Lipinski definition) is 4. The van der Waals surface area contributed by atoms with Crippen LogP contribution in [-0.4, -0.2) is 47.0 Å². The van der Waals surface area contributed by atoms with Gasteiger partial charge in [-0.05, 0) is 120 Å². The number of hydrogen-bond donors (Lipinski definition) is 0. The molecule has 8 heteroatoms. The maximum absolute atomic E-state index is 14.2. The predicted molar refractivity (Wildman–Crippen MR) is 158 cm³/mol. The molecule has 0 radical (unpaired) electrons. The van der Waals surface area contributed by atoms with Crippen LogP contribution in [0, 0.1) is 6.92 Å². The van der Waals surface area contributed by atoms with E-state index >= 15 is 0 Å². The van der Waals surface area contributed by atoms with Gasteiger partial charge in [-0.25, -0.2) is 8.42 Å². The summed E-state index contributed by atoms with van der Waals surface area (Å²) in [5, 5.41) is 5.21. The molecule has 2 aliphatic rings. The molecule has 0 unspecified atom stereocenters. The van der Waals surface area contributed by atoms with E-state index in [4.69, 9.17) is 11.6 Å². The fraction of sp³-hybridized carbons (Fsp3) is 0.500. The van der Waals surface area contributed by atoms with Crippen LogP contribution in [0.25, 0.3) is 0 Å². The Kier molecular flexibility index (Phi) is 8.39. The number of sulfone groups is 1. The minimum Gasteiger partial charge on any atom is -0.300 e. The monoisotopic (exact) mass is 617 g/mol. The zero-order valence-electron chi connectivity index (χ0n) is 22.2. The van der Waals surface area contributed by atoms with E-state index in [2.05, 4.69) is 50.5 Å². The fourth-order valence-corrected chi connectivity index (χ4v) is 9.09. The van der Waals surface area contributed by atoms with E-state index in [1.54, 1.807) is 24.3 Å². The van der Waals surface area contributed by atoms with Gasteiger partial charge in [0.05, 0.1) is 15.3 Å². The van der Waals surface area contributed by atoms with Crippen molar-refractivity contribution in [1.29, 1.82) is 0 Å². The molecule has 1 aliphatic carbocycles. The molecule has 0 N–H and O–H groups in total. The summed E-state index contributed by atoms with van der Waals surface area (Å²) < 4.78 is 30.7. The number of piperidine rings is 1. The fourth-order valence-electron chi connectivity index (χ4n) is 6.58. The number of halogens is 2. The standard InChI is InChI=1S/C30H37BrClN3O2S/c1-3-35-29(20-22(2)33-35)24-14-18-34(19-15-24)27-12-16-30(17-13-27,21-23-4-6-25(31)7-5-23)38(36,37)28-10-8-26(32)9-11-28/h4-11,20,24,27H,3,12-19,21H2,1-2H3. The second kappa shape index (κ2) is 11.4. The molecule has 2 fully saturated rings. The number of benzene rings is 2. The van der Waals surface area contributed by atoms with Crippen molar-refractivity contribution in [3.05, 3.63) is 81.0 Å². The lowest BCUT2D eigenvalue weighted by Crippen LogP contribution is -2.50. The molecular formula is C30H37BrClN3O2S. The van der Waals surface area contributed by atoms with Gasteiger partial charge in [-0.3, -0.25) is 4.68 Å². The van der Waals surface area contributed by atoms with Crippen LogP contribution in [0.15, 0.2) is 64.0 Å². The van der Waals surface area contributed by atoms with Crippen molar-refractivity contribution in [3.63, 3.8) is 0 Å². The Balaban J connectivity index is 1.32. The van der Waals surface area contributed by atoms with Gasteiger partial charge in [0.15, 0.2) is 9.84 Å². The lowest BCUT2D eigenvalue weighted by atomic mass is 9.80. The normalized spacial score (nSPS) is 23.5. The summed E-state index contributed by atoms with van der Waals surface area (Å²) in [6.07, 6.45) is 5.94. The van der Waals surface area contributed by atoms with Crippen molar-refractivity contribution in [2.24, 2.45) is 0 Å². The maximum Gasteiger partial charge on any atom is 0.184 e. The van der Waals surface area contributed by atoms with Gasteiger partial charge >= 0.3 is 0 Å². The Hall–Kier alpha value is -1.67. The molecule has 0 bridgehead atoms. The van der Waals surface area contributed by atoms with Crippen molar-refractivity contribution in [2.75, 3.05) is 13.1 Å². The summed E-state index contributed by atoms with van der Waals surface area (Å²) in [6.45, 7) is 7.27. The van der Waals surface area contributed by atoms with Crippen molar-refractivity contribution in [3.8, 4) is 0 Å². The van der Waals surface area contributed by atoms with Crippen molar-refractivity contribution in [2.45, 2.75) is 86.9 Å². The third-order valence-corrected chi connectivity index (χ3v) is 12.1. The molecule has 3 aromatic rings. The molecule has 0 amide bonds. The smallest absolute Gasteiger partial charge is 0.184 e. The van der Waals surface area contributed by atoms with E-state index < -0.39 is 14.6 Å². The summed E-state index contributed by atoms with van der Waals surface area (Å²) in [7, 11) is -3.55. The van der Waals surface area contributed by atoms with Crippen LogP contribution in [-0.2, 0) is 22.8 Å². The summed E-state index contributed by atoms with van der Waals surface area (Å²) >= 11 is 9.60. The Bertz CT molecular complexity index is 1340. The summed E-state index contributed by atoms with van der Waals surface area (Å²) in [5.74, 6) is 0.553. The second-order valence-corrected chi connectivity index (χ2v) is 14.7. The van der Waals surface area contributed by atoms with Crippen molar-refractivity contribution < 1.29 is 8.42 Å². The van der Waals surface area contributed by atoms with Crippen LogP contribution >= 0.6 is 27.5 Å². The SMILES string of the molecule is CCn1nc(C)cc1C1CCN(C2CCC(Cc3ccc(Br)cc3)(S(=O)(=O)c3ccc(Cl)cc3)CC2)CC1.